The maximum absolute atomic E-state index is 9.15. The highest BCUT2D eigenvalue weighted by molar-refractivity contribution is 5.37. The van der Waals surface area contributed by atoms with Gasteiger partial charge in [-0.15, -0.1) is 0 Å². The summed E-state index contributed by atoms with van der Waals surface area (Å²) >= 11 is 0. The van der Waals surface area contributed by atoms with Gasteiger partial charge in [-0.2, -0.15) is 10.4 Å². The molecular weight excluding hydrogens is 214 g/mol. The third kappa shape index (κ3) is 1.84. The molecule has 0 unspecified atom stereocenters. The van der Waals surface area contributed by atoms with Crippen LogP contribution in [0, 0.1) is 11.3 Å². The lowest BCUT2D eigenvalue weighted by Gasteiger charge is -2.26. The monoisotopic (exact) mass is 231 g/mol. The smallest absolute Gasteiger partial charge is 0.166 e. The van der Waals surface area contributed by atoms with Crippen LogP contribution in [0.1, 0.15) is 35.8 Å². The third-order valence-corrected chi connectivity index (χ3v) is 3.72. The molecule has 0 atom stereocenters. The first-order valence-electron chi connectivity index (χ1n) is 6.32. The van der Waals surface area contributed by atoms with Crippen molar-refractivity contribution in [2.75, 3.05) is 19.6 Å². The summed E-state index contributed by atoms with van der Waals surface area (Å²) in [5.41, 5.74) is 3.05. The Morgan fingerprint density at radius 1 is 1.24 bits per heavy atom. The van der Waals surface area contributed by atoms with Gasteiger partial charge in [0.1, 0.15) is 6.07 Å². The second-order valence-electron chi connectivity index (χ2n) is 4.74. The Morgan fingerprint density at radius 3 is 2.82 bits per heavy atom. The van der Waals surface area contributed by atoms with Gasteiger partial charge in [-0.25, -0.2) is 0 Å². The zero-order valence-corrected chi connectivity index (χ0v) is 9.87. The van der Waals surface area contributed by atoms with Gasteiger partial charge in [-0.3, -0.25) is 4.68 Å². The van der Waals surface area contributed by atoms with Gasteiger partial charge in [0.2, 0.25) is 0 Å². The molecule has 0 radical (unpaired) electrons. The lowest BCUT2D eigenvalue weighted by molar-refractivity contribution is 0.331. The average Bonchev–Trinajstić information content (AvgIpc) is 2.78. The maximum Gasteiger partial charge on any atom is 0.166 e. The fraction of sp³-hybridized carbons (Fsp3) is 0.667. The number of piperidine rings is 1. The van der Waals surface area contributed by atoms with Crippen molar-refractivity contribution in [2.24, 2.45) is 0 Å². The normalized spacial score (nSPS) is 20.9. The number of rotatable bonds is 1. The van der Waals surface area contributed by atoms with Crippen LogP contribution in [0.3, 0.4) is 0 Å². The van der Waals surface area contributed by atoms with Gasteiger partial charge >= 0.3 is 0 Å². The van der Waals surface area contributed by atoms with Crippen LogP contribution in [0.2, 0.25) is 0 Å². The molecule has 1 aromatic rings. The van der Waals surface area contributed by atoms with E-state index >= 15 is 0 Å². The van der Waals surface area contributed by atoms with E-state index in [1.165, 1.54) is 11.3 Å². The van der Waals surface area contributed by atoms with Crippen LogP contribution in [-0.4, -0.2) is 29.4 Å². The quantitative estimate of drug-likeness (QED) is 0.731. The molecule has 1 aromatic heterocycles. The minimum Gasteiger partial charge on any atom is -0.317 e. The molecular formula is C12H17N5. The first-order valence-corrected chi connectivity index (χ1v) is 6.32. The largest absolute Gasteiger partial charge is 0.317 e. The Hall–Kier alpha value is -1.38. The SMILES string of the molecule is N#Cc1nn(C2CCNCC2)c2c1CCNC2. The number of nitrogens with zero attached hydrogens (tertiary/aromatic N) is 3. The minimum absolute atomic E-state index is 0.465. The molecule has 1 fully saturated rings. The van der Waals surface area contributed by atoms with Crippen molar-refractivity contribution < 1.29 is 0 Å². The molecule has 90 valence electrons. The molecule has 17 heavy (non-hydrogen) atoms. The predicted octanol–water partition coefficient (Wildman–Crippen LogP) is 0.325. The number of nitrogens with one attached hydrogen (secondary N) is 2. The van der Waals surface area contributed by atoms with E-state index in [9.17, 15) is 0 Å². The van der Waals surface area contributed by atoms with E-state index in [0.29, 0.717) is 11.7 Å². The van der Waals surface area contributed by atoms with Crippen LogP contribution < -0.4 is 10.6 Å². The molecule has 1 saturated heterocycles. The Bertz CT molecular complexity index is 450. The Kier molecular flexibility index (Phi) is 2.83. The molecule has 0 amide bonds. The molecule has 3 heterocycles. The van der Waals surface area contributed by atoms with Crippen molar-refractivity contribution >= 4 is 0 Å². The number of hydrogen-bond acceptors (Lipinski definition) is 4. The second kappa shape index (κ2) is 4.47. The molecule has 5 heteroatoms. The molecule has 0 bridgehead atoms. The van der Waals surface area contributed by atoms with Crippen LogP contribution in [-0.2, 0) is 13.0 Å². The van der Waals surface area contributed by atoms with E-state index in [2.05, 4.69) is 26.5 Å². The highest BCUT2D eigenvalue weighted by atomic mass is 15.3. The van der Waals surface area contributed by atoms with Crippen molar-refractivity contribution in [3.05, 3.63) is 17.0 Å². The van der Waals surface area contributed by atoms with Crippen LogP contribution in [0.15, 0.2) is 0 Å². The highest BCUT2D eigenvalue weighted by Crippen LogP contribution is 2.25. The summed E-state index contributed by atoms with van der Waals surface area (Å²) in [6, 6.07) is 2.70. The van der Waals surface area contributed by atoms with Crippen LogP contribution in [0.5, 0.6) is 0 Å². The predicted molar refractivity (Wildman–Crippen MR) is 63.5 cm³/mol. The van der Waals surface area contributed by atoms with E-state index in [1.54, 1.807) is 0 Å². The summed E-state index contributed by atoms with van der Waals surface area (Å²) in [6.07, 6.45) is 3.15. The van der Waals surface area contributed by atoms with Crippen molar-refractivity contribution in [3.63, 3.8) is 0 Å². The molecule has 3 rings (SSSR count). The molecule has 2 aliphatic heterocycles. The summed E-state index contributed by atoms with van der Waals surface area (Å²) in [5.74, 6) is 0. The maximum atomic E-state index is 9.15. The Balaban J connectivity index is 1.98. The fourth-order valence-electron chi connectivity index (χ4n) is 2.82. The van der Waals surface area contributed by atoms with E-state index in [0.717, 1.165) is 45.4 Å². The summed E-state index contributed by atoms with van der Waals surface area (Å²) in [6.45, 7) is 3.91. The molecule has 0 aromatic carbocycles. The van der Waals surface area contributed by atoms with Gasteiger partial charge in [-0.05, 0) is 38.9 Å². The van der Waals surface area contributed by atoms with Crippen LogP contribution in [0.4, 0.5) is 0 Å². The lowest BCUT2D eigenvalue weighted by atomic mass is 10.0. The summed E-state index contributed by atoms with van der Waals surface area (Å²) < 4.78 is 2.11. The first-order chi connectivity index (χ1) is 8.40. The van der Waals surface area contributed by atoms with Crippen molar-refractivity contribution in [1.82, 2.24) is 20.4 Å². The van der Waals surface area contributed by atoms with Crippen molar-refractivity contribution in [2.45, 2.75) is 31.8 Å². The second-order valence-corrected chi connectivity index (χ2v) is 4.74. The highest BCUT2D eigenvalue weighted by Gasteiger charge is 2.25. The number of hydrogen-bond donors (Lipinski definition) is 2. The van der Waals surface area contributed by atoms with Crippen LogP contribution in [0.25, 0.3) is 0 Å². The number of fused-ring (bicyclic) bond motifs is 1. The zero-order valence-electron chi connectivity index (χ0n) is 9.87. The Labute approximate surface area is 101 Å². The minimum atomic E-state index is 0.465. The zero-order chi connectivity index (χ0) is 11.7. The topological polar surface area (TPSA) is 65.7 Å². The molecule has 0 saturated carbocycles. The van der Waals surface area contributed by atoms with E-state index in [1.807, 2.05) is 0 Å². The van der Waals surface area contributed by atoms with Crippen molar-refractivity contribution in [1.29, 1.82) is 5.26 Å². The molecule has 5 nitrogen and oxygen atoms in total. The van der Waals surface area contributed by atoms with Gasteiger partial charge in [0, 0.05) is 12.1 Å². The molecule has 2 N–H and O–H groups in total. The number of aromatic nitrogens is 2. The van der Waals surface area contributed by atoms with Gasteiger partial charge in [-0.1, -0.05) is 0 Å². The lowest BCUT2D eigenvalue weighted by Crippen LogP contribution is -2.32. The average molecular weight is 231 g/mol. The van der Waals surface area contributed by atoms with Gasteiger partial charge < -0.3 is 10.6 Å². The van der Waals surface area contributed by atoms with E-state index in [4.69, 9.17) is 5.26 Å². The van der Waals surface area contributed by atoms with Gasteiger partial charge in [0.15, 0.2) is 5.69 Å². The summed E-state index contributed by atoms with van der Waals surface area (Å²) in [5, 5.41) is 20.4. The van der Waals surface area contributed by atoms with Gasteiger partial charge in [0.25, 0.3) is 0 Å². The molecule has 0 aliphatic carbocycles. The number of nitriles is 1. The first kappa shape index (κ1) is 10.8. The standard InChI is InChI=1S/C12H17N5/c13-7-11-10-3-6-15-8-12(10)17(16-11)9-1-4-14-5-2-9/h9,14-15H,1-6,8H2. The van der Waals surface area contributed by atoms with Crippen molar-refractivity contribution in [3.8, 4) is 6.07 Å². The molecule has 0 spiro atoms. The van der Waals surface area contributed by atoms with E-state index in [-0.39, 0.29) is 0 Å². The van der Waals surface area contributed by atoms with Crippen LogP contribution >= 0.6 is 0 Å². The van der Waals surface area contributed by atoms with E-state index < -0.39 is 0 Å². The fourth-order valence-corrected chi connectivity index (χ4v) is 2.82. The Morgan fingerprint density at radius 2 is 2.06 bits per heavy atom. The summed E-state index contributed by atoms with van der Waals surface area (Å²) in [4.78, 5) is 0. The molecule has 2 aliphatic rings. The summed E-state index contributed by atoms with van der Waals surface area (Å²) in [7, 11) is 0. The third-order valence-electron chi connectivity index (χ3n) is 3.72. The van der Waals surface area contributed by atoms with Gasteiger partial charge in [0.05, 0.1) is 11.7 Å².